The van der Waals surface area contributed by atoms with Crippen LogP contribution in [-0.2, 0) is 0 Å². The molecule has 0 aromatic heterocycles. The molecule has 0 radical (unpaired) electrons. The van der Waals surface area contributed by atoms with Crippen LogP contribution in [0.2, 0.25) is 0 Å². The summed E-state index contributed by atoms with van der Waals surface area (Å²) in [4.78, 5) is 2.62. The van der Waals surface area contributed by atoms with E-state index in [1.165, 1.54) is 51.7 Å². The molecule has 1 aliphatic heterocycles. The number of rotatable bonds is 4. The fourth-order valence-corrected chi connectivity index (χ4v) is 2.80. The lowest BCUT2D eigenvalue weighted by atomic mass is 9.94. The van der Waals surface area contributed by atoms with Crippen molar-refractivity contribution in [3.63, 3.8) is 0 Å². The predicted molar refractivity (Wildman–Crippen MR) is 55.6 cm³/mol. The molecule has 76 valence electrons. The minimum atomic E-state index is 0.877. The van der Waals surface area contributed by atoms with Gasteiger partial charge in [0.15, 0.2) is 0 Å². The number of likely N-dealkylation sites (tertiary alicyclic amines) is 1. The average Bonchev–Trinajstić information content (AvgIpc) is 2.53. The Hall–Kier alpha value is -0.0800. The van der Waals surface area contributed by atoms with Crippen LogP contribution in [0.5, 0.6) is 0 Å². The van der Waals surface area contributed by atoms with Crippen LogP contribution in [0.3, 0.4) is 0 Å². The van der Waals surface area contributed by atoms with Gasteiger partial charge in [-0.15, -0.1) is 0 Å². The highest BCUT2D eigenvalue weighted by Crippen LogP contribution is 2.28. The Morgan fingerprint density at radius 3 is 2.38 bits per heavy atom. The summed E-state index contributed by atoms with van der Waals surface area (Å²) in [7, 11) is 0. The van der Waals surface area contributed by atoms with Crippen molar-refractivity contribution in [1.82, 2.24) is 4.90 Å². The molecule has 0 unspecified atom stereocenters. The monoisotopic (exact) mass is 182 g/mol. The van der Waals surface area contributed by atoms with Crippen molar-refractivity contribution in [2.45, 2.75) is 32.1 Å². The average molecular weight is 182 g/mol. The minimum absolute atomic E-state index is 0.877. The van der Waals surface area contributed by atoms with E-state index in [1.807, 2.05) is 0 Å². The summed E-state index contributed by atoms with van der Waals surface area (Å²) < 4.78 is 0. The van der Waals surface area contributed by atoms with Crippen LogP contribution in [0.1, 0.15) is 32.1 Å². The first-order chi connectivity index (χ1) is 6.38. The minimum Gasteiger partial charge on any atom is -0.330 e. The Kier molecular flexibility index (Phi) is 3.23. The summed E-state index contributed by atoms with van der Waals surface area (Å²) in [5.41, 5.74) is 5.53. The summed E-state index contributed by atoms with van der Waals surface area (Å²) in [6.07, 6.45) is 7.16. The first-order valence-electron chi connectivity index (χ1n) is 5.81. The van der Waals surface area contributed by atoms with Gasteiger partial charge in [-0.1, -0.05) is 12.8 Å². The lowest BCUT2D eigenvalue weighted by molar-refractivity contribution is 0.0785. The van der Waals surface area contributed by atoms with Gasteiger partial charge in [-0.2, -0.15) is 0 Å². The quantitative estimate of drug-likeness (QED) is 0.713. The molecule has 0 atom stereocenters. The molecule has 2 aliphatic rings. The largest absolute Gasteiger partial charge is 0.330 e. The SMILES string of the molecule is NCCC1CN(CC2CCCC2)C1. The van der Waals surface area contributed by atoms with E-state index in [1.54, 1.807) is 0 Å². The van der Waals surface area contributed by atoms with Crippen molar-refractivity contribution >= 4 is 0 Å². The van der Waals surface area contributed by atoms with Crippen molar-refractivity contribution in [1.29, 1.82) is 0 Å². The van der Waals surface area contributed by atoms with E-state index in [-0.39, 0.29) is 0 Å². The maximum Gasteiger partial charge on any atom is 0.00226 e. The van der Waals surface area contributed by atoms with Gasteiger partial charge < -0.3 is 10.6 Å². The first-order valence-corrected chi connectivity index (χ1v) is 5.81. The Morgan fingerprint density at radius 1 is 1.08 bits per heavy atom. The van der Waals surface area contributed by atoms with Gasteiger partial charge in [-0.25, -0.2) is 0 Å². The van der Waals surface area contributed by atoms with Crippen molar-refractivity contribution in [2.24, 2.45) is 17.6 Å². The van der Waals surface area contributed by atoms with E-state index >= 15 is 0 Å². The van der Waals surface area contributed by atoms with Crippen molar-refractivity contribution in [3.8, 4) is 0 Å². The van der Waals surface area contributed by atoms with Gasteiger partial charge >= 0.3 is 0 Å². The molecule has 2 nitrogen and oxygen atoms in total. The highest BCUT2D eigenvalue weighted by atomic mass is 15.2. The standard InChI is InChI=1S/C11H22N2/c12-6-5-11-8-13(9-11)7-10-3-1-2-4-10/h10-11H,1-9,12H2. The summed E-state index contributed by atoms with van der Waals surface area (Å²) in [5, 5.41) is 0. The molecule has 0 amide bonds. The normalized spacial score (nSPS) is 26.5. The van der Waals surface area contributed by atoms with Gasteiger partial charge in [-0.3, -0.25) is 0 Å². The molecule has 0 aromatic carbocycles. The van der Waals surface area contributed by atoms with Crippen LogP contribution in [0.4, 0.5) is 0 Å². The van der Waals surface area contributed by atoms with Gasteiger partial charge in [0.2, 0.25) is 0 Å². The molecule has 13 heavy (non-hydrogen) atoms. The Bertz CT molecular complexity index is 146. The van der Waals surface area contributed by atoms with Gasteiger partial charge in [0.05, 0.1) is 0 Å². The molecule has 2 rings (SSSR count). The third kappa shape index (κ3) is 2.44. The molecule has 0 aromatic rings. The maximum atomic E-state index is 5.53. The Morgan fingerprint density at radius 2 is 1.77 bits per heavy atom. The fraction of sp³-hybridized carbons (Fsp3) is 1.00. The Labute approximate surface area is 81.5 Å². The van der Waals surface area contributed by atoms with Crippen LogP contribution in [-0.4, -0.2) is 31.1 Å². The zero-order valence-corrected chi connectivity index (χ0v) is 8.54. The lowest BCUT2D eigenvalue weighted by Crippen LogP contribution is -2.48. The number of nitrogens with zero attached hydrogens (tertiary/aromatic N) is 1. The van der Waals surface area contributed by atoms with Gasteiger partial charge in [0, 0.05) is 19.6 Å². The molecule has 0 spiro atoms. The predicted octanol–water partition coefficient (Wildman–Crippen LogP) is 1.46. The van der Waals surface area contributed by atoms with Crippen LogP contribution in [0.25, 0.3) is 0 Å². The first kappa shape index (κ1) is 9.47. The zero-order valence-electron chi connectivity index (χ0n) is 8.54. The van der Waals surface area contributed by atoms with Crippen LogP contribution >= 0.6 is 0 Å². The fourth-order valence-electron chi connectivity index (χ4n) is 2.80. The highest BCUT2D eigenvalue weighted by molar-refractivity contribution is 4.82. The molecule has 2 fully saturated rings. The molecule has 1 heterocycles. The number of hydrogen-bond acceptors (Lipinski definition) is 2. The van der Waals surface area contributed by atoms with Crippen molar-refractivity contribution in [2.75, 3.05) is 26.2 Å². The summed E-state index contributed by atoms with van der Waals surface area (Å²) in [6, 6.07) is 0. The third-order valence-corrected chi connectivity index (χ3v) is 3.60. The van der Waals surface area contributed by atoms with E-state index in [9.17, 15) is 0 Å². The zero-order chi connectivity index (χ0) is 9.10. The third-order valence-electron chi connectivity index (χ3n) is 3.60. The van der Waals surface area contributed by atoms with Gasteiger partial charge in [-0.05, 0) is 37.6 Å². The van der Waals surface area contributed by atoms with E-state index in [0.717, 1.165) is 18.4 Å². The number of hydrogen-bond donors (Lipinski definition) is 1. The maximum absolute atomic E-state index is 5.53. The second kappa shape index (κ2) is 4.43. The molecule has 1 saturated heterocycles. The summed E-state index contributed by atoms with van der Waals surface area (Å²) >= 11 is 0. The molecule has 1 saturated carbocycles. The van der Waals surface area contributed by atoms with Crippen molar-refractivity contribution < 1.29 is 0 Å². The van der Waals surface area contributed by atoms with E-state index < -0.39 is 0 Å². The van der Waals surface area contributed by atoms with Gasteiger partial charge in [0.25, 0.3) is 0 Å². The molecule has 2 heteroatoms. The summed E-state index contributed by atoms with van der Waals surface area (Å²) in [6.45, 7) is 4.91. The van der Waals surface area contributed by atoms with Gasteiger partial charge in [0.1, 0.15) is 0 Å². The molecule has 2 N–H and O–H groups in total. The van der Waals surface area contributed by atoms with Crippen LogP contribution in [0.15, 0.2) is 0 Å². The lowest BCUT2D eigenvalue weighted by Gasteiger charge is -2.40. The van der Waals surface area contributed by atoms with E-state index in [2.05, 4.69) is 4.90 Å². The van der Waals surface area contributed by atoms with E-state index in [0.29, 0.717) is 0 Å². The van der Waals surface area contributed by atoms with Crippen LogP contribution < -0.4 is 5.73 Å². The number of nitrogens with two attached hydrogens (primary N) is 1. The molecule has 0 bridgehead atoms. The molecular weight excluding hydrogens is 160 g/mol. The second-order valence-corrected chi connectivity index (χ2v) is 4.81. The van der Waals surface area contributed by atoms with Crippen molar-refractivity contribution in [3.05, 3.63) is 0 Å². The molecule has 1 aliphatic carbocycles. The smallest absolute Gasteiger partial charge is 0.00226 e. The second-order valence-electron chi connectivity index (χ2n) is 4.81. The highest BCUT2D eigenvalue weighted by Gasteiger charge is 2.28. The Balaban J connectivity index is 1.58. The van der Waals surface area contributed by atoms with Crippen LogP contribution in [0, 0.1) is 11.8 Å². The molecular formula is C11H22N2. The summed E-state index contributed by atoms with van der Waals surface area (Å²) in [5.74, 6) is 1.95. The topological polar surface area (TPSA) is 29.3 Å². The van der Waals surface area contributed by atoms with E-state index in [4.69, 9.17) is 5.73 Å².